The van der Waals surface area contributed by atoms with Gasteiger partial charge in [-0.3, -0.25) is 4.79 Å². The summed E-state index contributed by atoms with van der Waals surface area (Å²) in [5.74, 6) is 7.63. The molecule has 3 fully saturated rings. The van der Waals surface area contributed by atoms with Crippen molar-refractivity contribution in [3.63, 3.8) is 0 Å². The molecule has 3 aliphatic rings. The van der Waals surface area contributed by atoms with Crippen molar-refractivity contribution in [2.24, 2.45) is 17.3 Å². The first-order chi connectivity index (χ1) is 21.3. The van der Waals surface area contributed by atoms with Gasteiger partial charge in [-0.1, -0.05) is 18.9 Å². The molecule has 2 heterocycles. The van der Waals surface area contributed by atoms with Gasteiger partial charge in [-0.15, -0.1) is 0 Å². The number of ether oxygens (including phenoxy) is 1. The number of nitrogens with one attached hydrogen (secondary N) is 2. The van der Waals surface area contributed by atoms with Crippen LogP contribution in [0.15, 0.2) is 47.4 Å². The predicted molar refractivity (Wildman–Crippen MR) is 167 cm³/mol. The van der Waals surface area contributed by atoms with Crippen LogP contribution in [0.5, 0.6) is 5.75 Å². The summed E-state index contributed by atoms with van der Waals surface area (Å²) in [4.78, 5) is 14.6. The van der Waals surface area contributed by atoms with Crippen molar-refractivity contribution in [2.75, 3.05) is 43.6 Å². The summed E-state index contributed by atoms with van der Waals surface area (Å²) in [7, 11) is -2.00. The Morgan fingerprint density at radius 3 is 2.62 bits per heavy atom. The highest BCUT2D eigenvalue weighted by Crippen LogP contribution is 2.70. The summed E-state index contributed by atoms with van der Waals surface area (Å²) in [5.41, 5.74) is 1.96. The molecule has 1 aromatic heterocycles. The Balaban J connectivity index is 1.26. The molecule has 45 heavy (non-hydrogen) atoms. The lowest BCUT2D eigenvalue weighted by atomic mass is 9.61. The van der Waals surface area contributed by atoms with E-state index < -0.39 is 22.6 Å². The Bertz CT molecular complexity index is 1810. The second-order valence-electron chi connectivity index (χ2n) is 12.5. The number of amides is 1. The highest BCUT2D eigenvalue weighted by Gasteiger charge is 2.67. The Labute approximate surface area is 261 Å². The van der Waals surface area contributed by atoms with Crippen molar-refractivity contribution in [1.29, 1.82) is 0 Å². The molecule has 2 N–H and O–H groups in total. The maximum absolute atomic E-state index is 13.8. The number of carbonyl (C=O) groups excluding carboxylic acids is 1. The molecule has 0 radical (unpaired) electrons. The van der Waals surface area contributed by atoms with Crippen LogP contribution < -0.4 is 15.4 Å². The molecule has 2 aromatic carbocycles. The summed E-state index contributed by atoms with van der Waals surface area (Å²) >= 11 is 0. The van der Waals surface area contributed by atoms with Crippen molar-refractivity contribution < 1.29 is 31.1 Å². The highest BCUT2D eigenvalue weighted by molar-refractivity contribution is 7.90. The minimum Gasteiger partial charge on any atom is -0.495 e. The molecule has 1 spiro atoms. The molecule has 4 atom stereocenters. The van der Waals surface area contributed by atoms with Crippen LogP contribution >= 0.6 is 0 Å². The molecule has 2 saturated carbocycles. The van der Waals surface area contributed by atoms with Crippen molar-refractivity contribution in [1.82, 2.24) is 9.47 Å². The molecule has 240 valence electrons. The van der Waals surface area contributed by atoms with Crippen LogP contribution in [0.3, 0.4) is 0 Å². The Kier molecular flexibility index (Phi) is 7.96. The predicted octanol–water partition coefficient (Wildman–Crippen LogP) is 5.53. The van der Waals surface area contributed by atoms with Crippen LogP contribution in [-0.2, 0) is 21.2 Å². The van der Waals surface area contributed by atoms with E-state index in [9.17, 15) is 26.4 Å². The van der Waals surface area contributed by atoms with Crippen LogP contribution in [0.4, 0.5) is 24.5 Å². The second kappa shape index (κ2) is 11.5. The van der Waals surface area contributed by atoms with Gasteiger partial charge in [0.15, 0.2) is 9.84 Å². The summed E-state index contributed by atoms with van der Waals surface area (Å²) in [5, 5.41) is 7.45. The molecule has 8 nitrogen and oxygen atoms in total. The summed E-state index contributed by atoms with van der Waals surface area (Å²) < 4.78 is 71.6. The number of hydrogen-bond donors (Lipinski definition) is 2. The van der Waals surface area contributed by atoms with E-state index in [-0.39, 0.29) is 34.5 Å². The number of aromatic nitrogens is 1. The Morgan fingerprint density at radius 2 is 1.98 bits per heavy atom. The monoisotopic (exact) mass is 642 g/mol. The van der Waals surface area contributed by atoms with Crippen LogP contribution in [0, 0.1) is 29.1 Å². The van der Waals surface area contributed by atoms with E-state index in [4.69, 9.17) is 4.74 Å². The van der Waals surface area contributed by atoms with Crippen LogP contribution in [-0.4, -0.2) is 69.0 Å². The Morgan fingerprint density at radius 1 is 1.18 bits per heavy atom. The standard InChI is InChI=1S/C33H37F3N4O4S/c1-4-31(41)39-14-12-30(32(19-39)18-21-15-25(21)32)38-26-8-5-9-28-24(26)16-22(40(28)20-33(34,35)36)7-6-13-37-27-11-10-23(45(3,42)43)17-29(27)44-2/h5,8-11,16-17,21,25,30,37-38H,4,12-15,18-20H2,1-3H3/t21-,25?,30-,32?/m1/s1. The zero-order chi connectivity index (χ0) is 32.1. The van der Waals surface area contributed by atoms with E-state index in [1.54, 1.807) is 24.3 Å². The molecule has 1 aliphatic heterocycles. The number of methoxy groups -OCH3 is 1. The molecule has 3 aromatic rings. The quantitative estimate of drug-likeness (QED) is 0.314. The first-order valence-electron chi connectivity index (χ1n) is 15.2. The summed E-state index contributed by atoms with van der Waals surface area (Å²) in [6, 6.07) is 11.6. The number of alkyl halides is 3. The van der Waals surface area contributed by atoms with Crippen molar-refractivity contribution >= 4 is 38.0 Å². The SMILES string of the molecule is CCC(=O)N1CC[C@@H](Nc2cccc3c2cc(C#CCNc2ccc(S(C)(=O)=O)cc2OC)n3CC(F)(F)F)C2(C[C@H]3CC32)C1. The fourth-order valence-electron chi connectivity index (χ4n) is 7.38. The van der Waals surface area contributed by atoms with Crippen LogP contribution in [0.2, 0.25) is 0 Å². The minimum atomic E-state index is -4.45. The van der Waals surface area contributed by atoms with Gasteiger partial charge in [0.1, 0.15) is 12.3 Å². The van der Waals surface area contributed by atoms with Crippen LogP contribution in [0.25, 0.3) is 10.9 Å². The van der Waals surface area contributed by atoms with Gasteiger partial charge in [-0.25, -0.2) is 8.42 Å². The maximum Gasteiger partial charge on any atom is 0.406 e. The average Bonchev–Trinajstić information content (AvgIpc) is 3.57. The summed E-state index contributed by atoms with van der Waals surface area (Å²) in [6.07, 6.45) is 0.180. The lowest BCUT2D eigenvalue weighted by molar-refractivity contribution is -0.140. The first kappa shape index (κ1) is 31.1. The third-order valence-corrected chi connectivity index (χ3v) is 10.7. The van der Waals surface area contributed by atoms with Gasteiger partial charge in [-0.2, -0.15) is 13.2 Å². The first-order valence-corrected chi connectivity index (χ1v) is 17.1. The van der Waals surface area contributed by atoms with Crippen molar-refractivity contribution in [2.45, 2.75) is 56.3 Å². The maximum atomic E-state index is 13.8. The molecule has 2 unspecified atom stereocenters. The van der Waals surface area contributed by atoms with Gasteiger partial charge < -0.3 is 24.8 Å². The molecule has 2 aliphatic carbocycles. The number of halogens is 3. The number of anilines is 2. The van der Waals surface area contributed by atoms with E-state index in [0.717, 1.165) is 37.2 Å². The van der Waals surface area contributed by atoms with Gasteiger partial charge in [0.25, 0.3) is 0 Å². The van der Waals surface area contributed by atoms with Crippen molar-refractivity contribution in [3.8, 4) is 17.6 Å². The molecule has 1 saturated heterocycles. The largest absolute Gasteiger partial charge is 0.495 e. The van der Waals surface area contributed by atoms with Crippen LogP contribution in [0.1, 0.15) is 38.3 Å². The van der Waals surface area contributed by atoms with Crippen molar-refractivity contribution in [3.05, 3.63) is 48.2 Å². The molecule has 6 rings (SSSR count). The average molecular weight is 643 g/mol. The van der Waals surface area contributed by atoms with E-state index in [1.807, 2.05) is 17.9 Å². The number of benzene rings is 2. The third-order valence-electron chi connectivity index (χ3n) is 9.62. The number of sulfone groups is 1. The second-order valence-corrected chi connectivity index (χ2v) is 14.5. The molecular weight excluding hydrogens is 605 g/mol. The fourth-order valence-corrected chi connectivity index (χ4v) is 8.02. The number of likely N-dealkylation sites (tertiary alicyclic amines) is 1. The van der Waals surface area contributed by atoms with Gasteiger partial charge >= 0.3 is 6.18 Å². The normalized spacial score (nSPS) is 24.0. The molecule has 12 heteroatoms. The van der Waals surface area contributed by atoms with E-state index in [1.165, 1.54) is 30.2 Å². The number of fused-ring (bicyclic) bond motifs is 3. The van der Waals surface area contributed by atoms with E-state index in [2.05, 4.69) is 22.5 Å². The lowest BCUT2D eigenvalue weighted by Crippen LogP contribution is -2.60. The fraction of sp³-hybridized carbons (Fsp3) is 0.485. The zero-order valence-electron chi connectivity index (χ0n) is 25.5. The van der Waals surface area contributed by atoms with E-state index in [0.29, 0.717) is 41.2 Å². The Hall–Kier alpha value is -3.85. The molecule has 0 bridgehead atoms. The lowest BCUT2D eigenvalue weighted by Gasteiger charge is -2.54. The number of nitrogens with zero attached hydrogens (tertiary/aromatic N) is 2. The van der Waals surface area contributed by atoms with Gasteiger partial charge in [0, 0.05) is 54.4 Å². The van der Waals surface area contributed by atoms with E-state index >= 15 is 0 Å². The number of hydrogen-bond acceptors (Lipinski definition) is 6. The number of rotatable bonds is 8. The summed E-state index contributed by atoms with van der Waals surface area (Å²) in [6.45, 7) is 2.20. The van der Waals surface area contributed by atoms with Gasteiger partial charge in [-0.05, 0) is 67.4 Å². The minimum absolute atomic E-state index is 0.000669. The molecular formula is C33H37F3N4O4S. The third kappa shape index (κ3) is 6.07. The van der Waals surface area contributed by atoms with Gasteiger partial charge in [0.05, 0.1) is 35.4 Å². The van der Waals surface area contributed by atoms with Gasteiger partial charge in [0.2, 0.25) is 5.91 Å². The zero-order valence-corrected chi connectivity index (χ0v) is 26.3. The molecule has 1 amide bonds. The smallest absolute Gasteiger partial charge is 0.406 e. The topological polar surface area (TPSA) is 92.7 Å². The number of piperidine rings is 1. The highest BCUT2D eigenvalue weighted by atomic mass is 32.2. The number of carbonyl (C=O) groups is 1.